The SMILES string of the molecule is N#CC1(c2ccccc2)CCC(N(Cc2ccc(C(=O)NCCC(=O)O)cc2)C(=O)Nc2ccc(OC(F)(F)F)cc2)CC1. The van der Waals surface area contributed by atoms with Crippen molar-refractivity contribution in [1.29, 1.82) is 5.26 Å². The van der Waals surface area contributed by atoms with E-state index in [0.29, 0.717) is 31.2 Å². The van der Waals surface area contributed by atoms with Crippen molar-refractivity contribution in [2.45, 2.75) is 56.5 Å². The average molecular weight is 609 g/mol. The van der Waals surface area contributed by atoms with Gasteiger partial charge < -0.3 is 25.4 Å². The summed E-state index contributed by atoms with van der Waals surface area (Å²) in [6, 6.07) is 22.7. The highest BCUT2D eigenvalue weighted by Gasteiger charge is 2.40. The molecule has 9 nitrogen and oxygen atoms in total. The van der Waals surface area contributed by atoms with E-state index in [1.807, 2.05) is 30.3 Å². The maximum Gasteiger partial charge on any atom is 0.573 e. The van der Waals surface area contributed by atoms with Crippen LogP contribution in [0.3, 0.4) is 0 Å². The molecule has 0 unspecified atom stereocenters. The van der Waals surface area contributed by atoms with Crippen LogP contribution >= 0.6 is 0 Å². The Morgan fingerprint density at radius 1 is 0.977 bits per heavy atom. The second kappa shape index (κ2) is 13.9. The predicted octanol–water partition coefficient (Wildman–Crippen LogP) is 6.23. The molecule has 0 saturated heterocycles. The first kappa shape index (κ1) is 31.9. The number of urea groups is 1. The van der Waals surface area contributed by atoms with Crippen molar-refractivity contribution in [1.82, 2.24) is 10.2 Å². The summed E-state index contributed by atoms with van der Waals surface area (Å²) in [4.78, 5) is 38.3. The van der Waals surface area contributed by atoms with Gasteiger partial charge in [0.2, 0.25) is 0 Å². The lowest BCUT2D eigenvalue weighted by molar-refractivity contribution is -0.274. The Kier molecular flexibility index (Phi) is 10.1. The lowest BCUT2D eigenvalue weighted by atomic mass is 9.69. The van der Waals surface area contributed by atoms with Gasteiger partial charge in [-0.25, -0.2) is 4.79 Å². The van der Waals surface area contributed by atoms with Crippen LogP contribution in [0.15, 0.2) is 78.9 Å². The Hall–Kier alpha value is -5.05. The van der Waals surface area contributed by atoms with Crippen molar-refractivity contribution in [2.24, 2.45) is 0 Å². The number of carbonyl (C=O) groups is 3. The third kappa shape index (κ3) is 8.50. The molecule has 1 aliphatic carbocycles. The molecule has 3 amide bonds. The summed E-state index contributed by atoms with van der Waals surface area (Å²) in [5.74, 6) is -1.87. The van der Waals surface area contributed by atoms with Crippen LogP contribution in [-0.4, -0.2) is 46.9 Å². The van der Waals surface area contributed by atoms with E-state index in [1.165, 1.54) is 12.1 Å². The van der Waals surface area contributed by atoms with Crippen LogP contribution in [0.5, 0.6) is 5.75 Å². The summed E-state index contributed by atoms with van der Waals surface area (Å²) < 4.78 is 41.6. The van der Waals surface area contributed by atoms with Crippen LogP contribution in [0.2, 0.25) is 0 Å². The minimum atomic E-state index is -4.84. The molecular weight excluding hydrogens is 577 g/mol. The van der Waals surface area contributed by atoms with Gasteiger partial charge in [0.05, 0.1) is 17.9 Å². The monoisotopic (exact) mass is 608 g/mol. The average Bonchev–Trinajstić information content (AvgIpc) is 3.00. The number of nitrogens with one attached hydrogen (secondary N) is 2. The second-order valence-corrected chi connectivity index (χ2v) is 10.5. The van der Waals surface area contributed by atoms with Gasteiger partial charge in [-0.2, -0.15) is 5.26 Å². The molecule has 1 aliphatic rings. The van der Waals surface area contributed by atoms with E-state index in [4.69, 9.17) is 5.11 Å². The van der Waals surface area contributed by atoms with Crippen LogP contribution in [-0.2, 0) is 16.8 Å². The number of carbonyl (C=O) groups excluding carboxylic acids is 2. The fourth-order valence-corrected chi connectivity index (χ4v) is 5.27. The van der Waals surface area contributed by atoms with E-state index in [-0.39, 0.29) is 31.2 Å². The summed E-state index contributed by atoms with van der Waals surface area (Å²) in [6.07, 6.45) is -2.90. The van der Waals surface area contributed by atoms with Crippen LogP contribution in [0.1, 0.15) is 53.6 Å². The van der Waals surface area contributed by atoms with Crippen molar-refractivity contribution in [2.75, 3.05) is 11.9 Å². The highest BCUT2D eigenvalue weighted by atomic mass is 19.4. The summed E-state index contributed by atoms with van der Waals surface area (Å²) in [6.45, 7) is 0.152. The van der Waals surface area contributed by atoms with Gasteiger partial charge in [0.25, 0.3) is 5.91 Å². The Balaban J connectivity index is 1.50. The lowest BCUT2D eigenvalue weighted by Crippen LogP contribution is -2.46. The number of halogens is 3. The normalized spacial score (nSPS) is 18.0. The van der Waals surface area contributed by atoms with Gasteiger partial charge in [0.1, 0.15) is 5.75 Å². The molecule has 44 heavy (non-hydrogen) atoms. The van der Waals surface area contributed by atoms with Crippen LogP contribution in [0, 0.1) is 11.3 Å². The standard InChI is InChI=1S/C32H31F3N4O5/c33-32(34,35)44-27-12-10-25(11-13-27)38-30(43)39(20-22-6-8-23(9-7-22)29(42)37-19-16-28(40)41)26-14-17-31(21-36,18-15-26)24-4-2-1-3-5-24/h1-13,26H,14-20H2,(H,37,42)(H,38,43)(H,40,41). The topological polar surface area (TPSA) is 132 Å². The molecule has 3 aromatic carbocycles. The van der Waals surface area contributed by atoms with Crippen LogP contribution in [0.25, 0.3) is 0 Å². The fraction of sp³-hybridized carbons (Fsp3) is 0.312. The summed E-state index contributed by atoms with van der Waals surface area (Å²) >= 11 is 0. The van der Waals surface area contributed by atoms with Crippen LogP contribution < -0.4 is 15.4 Å². The van der Waals surface area contributed by atoms with E-state index in [0.717, 1.165) is 23.3 Å². The highest BCUT2D eigenvalue weighted by Crippen LogP contribution is 2.41. The number of rotatable bonds is 10. The summed E-state index contributed by atoms with van der Waals surface area (Å²) in [5, 5.41) is 24.2. The Morgan fingerprint density at radius 2 is 1.61 bits per heavy atom. The first-order valence-corrected chi connectivity index (χ1v) is 14.0. The number of amides is 3. The number of hydrogen-bond acceptors (Lipinski definition) is 5. The van der Waals surface area contributed by atoms with Gasteiger partial charge in [-0.3, -0.25) is 9.59 Å². The van der Waals surface area contributed by atoms with E-state index >= 15 is 0 Å². The van der Waals surface area contributed by atoms with Gasteiger partial charge in [0, 0.05) is 30.4 Å². The van der Waals surface area contributed by atoms with E-state index < -0.39 is 35.4 Å². The minimum absolute atomic E-state index is 0.0119. The second-order valence-electron chi connectivity index (χ2n) is 10.5. The number of hydrogen-bond donors (Lipinski definition) is 3. The number of nitrogens with zero attached hydrogens (tertiary/aromatic N) is 2. The van der Waals surface area contributed by atoms with Gasteiger partial charge >= 0.3 is 18.4 Å². The molecule has 1 fully saturated rings. The molecule has 0 aromatic heterocycles. The molecule has 0 spiro atoms. The molecule has 1 saturated carbocycles. The van der Waals surface area contributed by atoms with Crippen LogP contribution in [0.4, 0.5) is 23.7 Å². The molecule has 3 aromatic rings. The number of benzene rings is 3. The molecule has 0 atom stereocenters. The largest absolute Gasteiger partial charge is 0.573 e. The zero-order valence-corrected chi connectivity index (χ0v) is 23.6. The van der Waals surface area contributed by atoms with E-state index in [9.17, 15) is 32.8 Å². The first-order chi connectivity index (χ1) is 21.0. The van der Waals surface area contributed by atoms with Crippen molar-refractivity contribution >= 4 is 23.6 Å². The van der Waals surface area contributed by atoms with Crippen molar-refractivity contribution in [3.8, 4) is 11.8 Å². The Labute approximate surface area is 252 Å². The number of carboxylic acids is 1. The smallest absolute Gasteiger partial charge is 0.481 e. The predicted molar refractivity (Wildman–Crippen MR) is 155 cm³/mol. The molecule has 230 valence electrons. The van der Waals surface area contributed by atoms with Crippen molar-refractivity contribution in [3.05, 3.63) is 95.6 Å². The van der Waals surface area contributed by atoms with Gasteiger partial charge in [-0.1, -0.05) is 42.5 Å². The van der Waals surface area contributed by atoms with Gasteiger partial charge in [-0.05, 0) is 73.2 Å². The molecule has 0 radical (unpaired) electrons. The Bertz CT molecular complexity index is 1480. The fourth-order valence-electron chi connectivity index (χ4n) is 5.27. The van der Waals surface area contributed by atoms with Crippen molar-refractivity contribution < 1.29 is 37.4 Å². The minimum Gasteiger partial charge on any atom is -0.481 e. The number of carboxylic acid groups (broad SMARTS) is 1. The third-order valence-corrected chi connectivity index (χ3v) is 7.58. The summed E-state index contributed by atoms with van der Waals surface area (Å²) in [5.41, 5.74) is 1.57. The first-order valence-electron chi connectivity index (χ1n) is 14.0. The molecule has 12 heteroatoms. The van der Waals surface area contributed by atoms with Gasteiger partial charge in [0.15, 0.2) is 0 Å². The summed E-state index contributed by atoms with van der Waals surface area (Å²) in [7, 11) is 0. The maximum absolute atomic E-state index is 13.6. The number of ether oxygens (including phenoxy) is 1. The molecular formula is C32H31F3N4O5. The molecule has 4 rings (SSSR count). The zero-order chi connectivity index (χ0) is 31.7. The van der Waals surface area contributed by atoms with Crippen molar-refractivity contribution in [3.63, 3.8) is 0 Å². The number of anilines is 1. The third-order valence-electron chi connectivity index (χ3n) is 7.58. The lowest BCUT2D eigenvalue weighted by Gasteiger charge is -2.40. The van der Waals surface area contributed by atoms with E-state index in [1.54, 1.807) is 29.2 Å². The maximum atomic E-state index is 13.6. The Morgan fingerprint density at radius 3 is 2.18 bits per heavy atom. The molecule has 3 N–H and O–H groups in total. The van der Waals surface area contributed by atoms with Gasteiger partial charge in [-0.15, -0.1) is 13.2 Å². The highest BCUT2D eigenvalue weighted by molar-refractivity contribution is 5.94. The molecule has 0 heterocycles. The number of nitriles is 1. The quantitative estimate of drug-likeness (QED) is 0.250. The molecule has 0 aliphatic heterocycles. The zero-order valence-electron chi connectivity index (χ0n) is 23.6. The van der Waals surface area contributed by atoms with E-state index in [2.05, 4.69) is 21.4 Å². The molecule has 0 bridgehead atoms. The number of alkyl halides is 3. The number of aliphatic carboxylic acids is 1.